The summed E-state index contributed by atoms with van der Waals surface area (Å²) in [5, 5.41) is 0. The third-order valence-electron chi connectivity index (χ3n) is 1.83. The van der Waals surface area contributed by atoms with Crippen molar-refractivity contribution in [1.29, 1.82) is 0 Å². The number of ether oxygens (including phenoxy) is 1. The lowest BCUT2D eigenvalue weighted by molar-refractivity contribution is -0.275. The normalized spacial score (nSPS) is 13.7. The van der Waals surface area contributed by atoms with Gasteiger partial charge < -0.3 is 10.5 Å². The van der Waals surface area contributed by atoms with Crippen LogP contribution in [0.5, 0.6) is 5.75 Å². The first-order valence-corrected chi connectivity index (χ1v) is 4.28. The Morgan fingerprint density at radius 3 is 1.94 bits per heavy atom. The summed E-state index contributed by atoms with van der Waals surface area (Å²) < 4.78 is 76.1. The van der Waals surface area contributed by atoms with Crippen molar-refractivity contribution in [3.8, 4) is 5.75 Å². The molecule has 9 heteroatoms. The molecule has 2 nitrogen and oxygen atoms in total. The molecule has 0 saturated heterocycles. The first-order valence-electron chi connectivity index (χ1n) is 4.28. The molecule has 0 saturated carbocycles. The van der Waals surface area contributed by atoms with Gasteiger partial charge in [0, 0.05) is 5.56 Å². The fourth-order valence-electron chi connectivity index (χ4n) is 1.13. The zero-order valence-electron chi connectivity index (χ0n) is 8.55. The van der Waals surface area contributed by atoms with E-state index in [1.165, 1.54) is 0 Å². The molecule has 0 aliphatic carbocycles. The van der Waals surface area contributed by atoms with Gasteiger partial charge in [-0.3, -0.25) is 0 Å². The second-order valence-electron chi connectivity index (χ2n) is 3.10. The van der Waals surface area contributed by atoms with Gasteiger partial charge in [0.05, 0.1) is 0 Å². The van der Waals surface area contributed by atoms with E-state index in [2.05, 4.69) is 4.74 Å². The predicted octanol–water partition coefficient (Wildman–Crippen LogP) is 3.57. The quantitative estimate of drug-likeness (QED) is 0.847. The number of hydrogen-bond acceptors (Lipinski definition) is 2. The highest BCUT2D eigenvalue weighted by molar-refractivity contribution is 5.85. The summed E-state index contributed by atoms with van der Waals surface area (Å²) in [6.07, 6.45) is -9.91. The minimum atomic E-state index is -5.07. The Balaban J connectivity index is 0.00000289. The van der Waals surface area contributed by atoms with Crippen LogP contribution in [-0.4, -0.2) is 12.5 Å². The number of rotatable bonds is 2. The SMILES string of the molecule is Cl.N[C@H](c1ccccc1OC(F)(F)F)C(F)(F)F. The van der Waals surface area contributed by atoms with Gasteiger partial charge in [0.1, 0.15) is 11.8 Å². The molecule has 0 aromatic heterocycles. The van der Waals surface area contributed by atoms with Crippen molar-refractivity contribution < 1.29 is 31.1 Å². The van der Waals surface area contributed by atoms with Crippen LogP contribution in [-0.2, 0) is 0 Å². The minimum Gasteiger partial charge on any atom is -0.405 e. The van der Waals surface area contributed by atoms with E-state index in [4.69, 9.17) is 5.73 Å². The Kier molecular flexibility index (Phi) is 5.30. The van der Waals surface area contributed by atoms with Crippen LogP contribution in [0.2, 0.25) is 0 Å². The topological polar surface area (TPSA) is 35.2 Å². The molecule has 1 aromatic rings. The highest BCUT2D eigenvalue weighted by Crippen LogP contribution is 2.36. The van der Waals surface area contributed by atoms with Crippen LogP contribution in [0.15, 0.2) is 24.3 Å². The van der Waals surface area contributed by atoms with Crippen molar-refractivity contribution in [3.63, 3.8) is 0 Å². The maximum Gasteiger partial charge on any atom is 0.573 e. The molecular weight excluding hydrogens is 288 g/mol. The molecule has 1 rings (SSSR count). The molecule has 0 spiro atoms. The van der Waals surface area contributed by atoms with Crippen molar-refractivity contribution in [2.45, 2.75) is 18.6 Å². The van der Waals surface area contributed by atoms with Crippen LogP contribution in [0.3, 0.4) is 0 Å². The largest absolute Gasteiger partial charge is 0.573 e. The highest BCUT2D eigenvalue weighted by atomic mass is 35.5. The summed E-state index contributed by atoms with van der Waals surface area (Å²) in [5.74, 6) is -0.954. The molecule has 0 unspecified atom stereocenters. The molecule has 0 heterocycles. The lowest BCUT2D eigenvalue weighted by Gasteiger charge is -2.19. The van der Waals surface area contributed by atoms with Gasteiger partial charge in [0.15, 0.2) is 0 Å². The van der Waals surface area contributed by atoms with E-state index >= 15 is 0 Å². The van der Waals surface area contributed by atoms with Gasteiger partial charge >= 0.3 is 12.5 Å². The summed E-state index contributed by atoms with van der Waals surface area (Å²) in [7, 11) is 0. The van der Waals surface area contributed by atoms with Crippen LogP contribution in [0.1, 0.15) is 11.6 Å². The smallest absolute Gasteiger partial charge is 0.405 e. The van der Waals surface area contributed by atoms with Crippen molar-refractivity contribution >= 4 is 12.4 Å². The van der Waals surface area contributed by atoms with E-state index in [-0.39, 0.29) is 12.4 Å². The third kappa shape index (κ3) is 4.61. The zero-order valence-corrected chi connectivity index (χ0v) is 9.36. The number of halogens is 7. The molecule has 2 N–H and O–H groups in total. The molecule has 104 valence electrons. The average molecular weight is 296 g/mol. The molecule has 0 radical (unpaired) electrons. The standard InChI is InChI=1S/C9H7F6NO.ClH/c10-8(11,12)7(16)5-3-1-2-4-6(5)17-9(13,14)15;/h1-4,7H,16H2;1H/t7-;/m1./s1. The van der Waals surface area contributed by atoms with Crippen molar-refractivity contribution in [2.24, 2.45) is 5.73 Å². The lowest BCUT2D eigenvalue weighted by atomic mass is 10.1. The molecule has 0 amide bonds. The third-order valence-corrected chi connectivity index (χ3v) is 1.83. The maximum absolute atomic E-state index is 12.3. The second kappa shape index (κ2) is 5.66. The number of benzene rings is 1. The van der Waals surface area contributed by atoms with E-state index in [0.717, 1.165) is 24.3 Å². The fraction of sp³-hybridized carbons (Fsp3) is 0.333. The predicted molar refractivity (Wildman–Crippen MR) is 53.4 cm³/mol. The number of nitrogens with two attached hydrogens (primary N) is 1. The molecule has 1 aromatic carbocycles. The van der Waals surface area contributed by atoms with E-state index in [9.17, 15) is 26.3 Å². The molecule has 0 fully saturated rings. The van der Waals surface area contributed by atoms with Crippen LogP contribution in [0, 0.1) is 0 Å². The van der Waals surface area contributed by atoms with Crippen molar-refractivity contribution in [1.82, 2.24) is 0 Å². The number of hydrogen-bond donors (Lipinski definition) is 1. The molecule has 18 heavy (non-hydrogen) atoms. The van der Waals surface area contributed by atoms with Crippen LogP contribution in [0.25, 0.3) is 0 Å². The second-order valence-corrected chi connectivity index (χ2v) is 3.10. The summed E-state index contributed by atoms with van der Waals surface area (Å²) >= 11 is 0. The molecule has 1 atom stereocenters. The van der Waals surface area contributed by atoms with Gasteiger partial charge in [0.2, 0.25) is 0 Å². The Bertz CT molecular complexity index is 391. The van der Waals surface area contributed by atoms with E-state index in [0.29, 0.717) is 0 Å². The van der Waals surface area contributed by atoms with Gasteiger partial charge in [0.25, 0.3) is 0 Å². The monoisotopic (exact) mass is 295 g/mol. The van der Waals surface area contributed by atoms with Crippen LogP contribution < -0.4 is 10.5 Å². The van der Waals surface area contributed by atoms with Crippen LogP contribution in [0.4, 0.5) is 26.3 Å². The first kappa shape index (κ1) is 16.9. The molecule has 0 aliphatic heterocycles. The zero-order chi connectivity index (χ0) is 13.3. The summed E-state index contributed by atoms with van der Waals surface area (Å²) in [5.41, 5.74) is 4.05. The Morgan fingerprint density at radius 2 is 1.50 bits per heavy atom. The molecule has 0 bridgehead atoms. The Hall–Kier alpha value is -1.15. The van der Waals surface area contributed by atoms with E-state index in [1.54, 1.807) is 0 Å². The van der Waals surface area contributed by atoms with E-state index < -0.39 is 29.9 Å². The first-order chi connectivity index (χ1) is 7.61. The minimum absolute atomic E-state index is 0. The summed E-state index contributed by atoms with van der Waals surface area (Å²) in [6, 6.07) is 1.34. The summed E-state index contributed by atoms with van der Waals surface area (Å²) in [6.45, 7) is 0. The molecule has 0 aliphatic rings. The maximum atomic E-state index is 12.3. The van der Waals surface area contributed by atoms with Crippen molar-refractivity contribution in [3.05, 3.63) is 29.8 Å². The Morgan fingerprint density at radius 1 is 1.00 bits per heavy atom. The van der Waals surface area contributed by atoms with Gasteiger partial charge in [-0.15, -0.1) is 25.6 Å². The lowest BCUT2D eigenvalue weighted by Crippen LogP contribution is -2.29. The van der Waals surface area contributed by atoms with Gasteiger partial charge in [-0.2, -0.15) is 13.2 Å². The number of para-hydroxylation sites is 1. The van der Waals surface area contributed by atoms with E-state index in [1.807, 2.05) is 0 Å². The summed E-state index contributed by atoms with van der Waals surface area (Å²) in [4.78, 5) is 0. The van der Waals surface area contributed by atoms with Gasteiger partial charge in [-0.05, 0) is 6.07 Å². The molecular formula is C9H8ClF6NO. The van der Waals surface area contributed by atoms with Gasteiger partial charge in [-0.1, -0.05) is 18.2 Å². The van der Waals surface area contributed by atoms with Gasteiger partial charge in [-0.25, -0.2) is 0 Å². The average Bonchev–Trinajstić information content (AvgIpc) is 2.13. The highest BCUT2D eigenvalue weighted by Gasteiger charge is 2.41. The fourth-order valence-corrected chi connectivity index (χ4v) is 1.13. The van der Waals surface area contributed by atoms with Crippen molar-refractivity contribution in [2.75, 3.05) is 0 Å². The number of alkyl halides is 6. The van der Waals surface area contributed by atoms with Crippen LogP contribution >= 0.6 is 12.4 Å². The Labute approximate surface area is 104 Å².